The van der Waals surface area contributed by atoms with Gasteiger partial charge in [-0.15, -0.1) is 0 Å². The molecule has 0 rings (SSSR count). The van der Waals surface area contributed by atoms with Crippen molar-refractivity contribution in [3.63, 3.8) is 0 Å². The molecule has 0 amide bonds. The summed E-state index contributed by atoms with van der Waals surface area (Å²) in [7, 11) is -5.62. The van der Waals surface area contributed by atoms with Crippen LogP contribution in [0.25, 0.3) is 0 Å². The number of unbranched alkanes of at least 4 members (excludes halogenated alkanes) is 2. The van der Waals surface area contributed by atoms with Crippen LogP contribution >= 0.6 is 0 Å². The molecule has 0 saturated carbocycles. The Labute approximate surface area is 115 Å². The maximum atomic E-state index is 11.8. The van der Waals surface area contributed by atoms with Crippen LogP contribution in [0.1, 0.15) is 39.0 Å². The average Bonchev–Trinajstić information content (AvgIpc) is 2.32. The van der Waals surface area contributed by atoms with Gasteiger partial charge >= 0.3 is 21.6 Å². The second-order valence-electron chi connectivity index (χ2n) is 3.91. The minimum Gasteiger partial charge on any atom is -0.466 e. The largest absolute Gasteiger partial charge is 0.524 e. The van der Waals surface area contributed by atoms with E-state index in [1.807, 2.05) is 6.92 Å². The summed E-state index contributed by atoms with van der Waals surface area (Å²) in [5, 5.41) is 0. The molecule has 0 radical (unpaired) electrons. The maximum Gasteiger partial charge on any atom is 0.524 e. The van der Waals surface area contributed by atoms with E-state index in [-0.39, 0.29) is 25.4 Å². The van der Waals surface area contributed by atoms with Gasteiger partial charge < -0.3 is 4.74 Å². The number of rotatable bonds is 10. The molecule has 0 aliphatic carbocycles. The number of nitrogens with one attached hydrogen (secondary N) is 1. The molecule has 0 aromatic heterocycles. The zero-order chi connectivity index (χ0) is 15.6. The van der Waals surface area contributed by atoms with E-state index in [4.69, 9.17) is 4.74 Å². The molecule has 0 aliphatic heterocycles. The molecule has 10 heteroatoms. The predicted octanol–water partition coefficient (Wildman–Crippen LogP) is 1.87. The van der Waals surface area contributed by atoms with E-state index in [2.05, 4.69) is 4.28 Å². The molecule has 0 aromatic rings. The summed E-state index contributed by atoms with van der Waals surface area (Å²) < 4.78 is 64.9. The van der Waals surface area contributed by atoms with Gasteiger partial charge in [-0.2, -0.15) is 31.4 Å². The zero-order valence-corrected chi connectivity index (χ0v) is 11.8. The van der Waals surface area contributed by atoms with E-state index in [1.54, 1.807) is 5.48 Å². The van der Waals surface area contributed by atoms with Crippen molar-refractivity contribution in [2.75, 3.05) is 13.2 Å². The number of carbonyl (C=O) groups is 1. The third-order valence-corrected chi connectivity index (χ3v) is 3.03. The van der Waals surface area contributed by atoms with Crippen molar-refractivity contribution in [1.29, 1.82) is 0 Å². The van der Waals surface area contributed by atoms with Gasteiger partial charge in [0.15, 0.2) is 0 Å². The molecule has 0 heterocycles. The van der Waals surface area contributed by atoms with Crippen LogP contribution in [0, 0.1) is 0 Å². The van der Waals surface area contributed by atoms with E-state index in [0.717, 1.165) is 12.8 Å². The van der Waals surface area contributed by atoms with Crippen LogP contribution in [0.3, 0.4) is 0 Å². The highest BCUT2D eigenvalue weighted by atomic mass is 32.2. The molecular weight excluding hydrogens is 303 g/mol. The van der Waals surface area contributed by atoms with E-state index < -0.39 is 15.6 Å². The molecule has 0 saturated heterocycles. The smallest absolute Gasteiger partial charge is 0.466 e. The van der Waals surface area contributed by atoms with Gasteiger partial charge in [-0.1, -0.05) is 13.3 Å². The van der Waals surface area contributed by atoms with Crippen molar-refractivity contribution in [3.05, 3.63) is 0 Å². The normalized spacial score (nSPS) is 12.4. The first-order chi connectivity index (χ1) is 9.20. The summed E-state index contributed by atoms with van der Waals surface area (Å²) in [5.41, 5.74) is -3.76. The standard InChI is InChI=1S/C10H18F3NO5S/c1-2-3-8-18-9(15)6-4-5-7-14-19-20(16,17)10(11,12)13/h14H,2-8H2,1H3. The minimum absolute atomic E-state index is 0.122. The Morgan fingerprint density at radius 3 is 2.40 bits per heavy atom. The zero-order valence-electron chi connectivity index (χ0n) is 11.0. The number of hydrogen-bond donors (Lipinski definition) is 1. The highest BCUT2D eigenvalue weighted by Crippen LogP contribution is 2.23. The van der Waals surface area contributed by atoms with Gasteiger partial charge in [0.05, 0.1) is 6.61 Å². The van der Waals surface area contributed by atoms with Crippen LogP contribution in [0.15, 0.2) is 0 Å². The molecule has 0 spiro atoms. The van der Waals surface area contributed by atoms with Crippen molar-refractivity contribution in [2.24, 2.45) is 0 Å². The first-order valence-corrected chi connectivity index (χ1v) is 7.49. The lowest BCUT2D eigenvalue weighted by Gasteiger charge is -2.08. The highest BCUT2D eigenvalue weighted by Gasteiger charge is 2.47. The Morgan fingerprint density at radius 1 is 1.20 bits per heavy atom. The molecule has 20 heavy (non-hydrogen) atoms. The lowest BCUT2D eigenvalue weighted by Crippen LogP contribution is -2.31. The molecule has 0 fully saturated rings. The van der Waals surface area contributed by atoms with Gasteiger partial charge in [0.1, 0.15) is 0 Å². The Balaban J connectivity index is 3.62. The van der Waals surface area contributed by atoms with E-state index in [1.165, 1.54) is 0 Å². The summed E-state index contributed by atoms with van der Waals surface area (Å²) in [5.74, 6) is -0.387. The SMILES string of the molecule is CCCCOC(=O)CCCCNOS(=O)(=O)C(F)(F)F. The Morgan fingerprint density at radius 2 is 1.85 bits per heavy atom. The van der Waals surface area contributed by atoms with Gasteiger partial charge in [0, 0.05) is 13.0 Å². The first-order valence-electron chi connectivity index (χ1n) is 6.09. The lowest BCUT2D eigenvalue weighted by atomic mass is 10.2. The lowest BCUT2D eigenvalue weighted by molar-refractivity contribution is -0.143. The summed E-state index contributed by atoms with van der Waals surface area (Å²) in [6.07, 6.45) is 2.43. The number of halogens is 3. The predicted molar refractivity (Wildman–Crippen MR) is 63.8 cm³/mol. The second-order valence-corrected chi connectivity index (χ2v) is 5.45. The number of esters is 1. The molecule has 120 valence electrons. The van der Waals surface area contributed by atoms with Crippen LogP contribution in [-0.2, 0) is 23.9 Å². The average molecular weight is 321 g/mol. The second kappa shape index (κ2) is 9.14. The van der Waals surface area contributed by atoms with Crippen LogP contribution in [0.4, 0.5) is 13.2 Å². The quantitative estimate of drug-likeness (QED) is 0.286. The van der Waals surface area contributed by atoms with Gasteiger partial charge in [-0.05, 0) is 19.3 Å². The summed E-state index contributed by atoms with van der Waals surface area (Å²) in [6, 6.07) is 0. The number of carbonyl (C=O) groups excluding carboxylic acids is 1. The molecule has 1 N–H and O–H groups in total. The van der Waals surface area contributed by atoms with Crippen molar-refractivity contribution in [1.82, 2.24) is 5.48 Å². The Hall–Kier alpha value is -0.870. The molecule has 0 bridgehead atoms. The highest BCUT2D eigenvalue weighted by molar-refractivity contribution is 7.87. The molecule has 0 aliphatic rings. The van der Waals surface area contributed by atoms with Crippen molar-refractivity contribution < 1.29 is 35.4 Å². The molecular formula is C10H18F3NO5S. The van der Waals surface area contributed by atoms with Crippen LogP contribution in [0.5, 0.6) is 0 Å². The maximum absolute atomic E-state index is 11.8. The third-order valence-electron chi connectivity index (χ3n) is 2.12. The molecule has 0 unspecified atom stereocenters. The Bertz CT molecular complexity index is 383. The summed E-state index contributed by atoms with van der Waals surface area (Å²) in [4.78, 5) is 11.1. The number of hydroxylamine groups is 1. The first kappa shape index (κ1) is 19.1. The van der Waals surface area contributed by atoms with Crippen LogP contribution in [0.2, 0.25) is 0 Å². The fourth-order valence-electron chi connectivity index (χ4n) is 1.04. The van der Waals surface area contributed by atoms with Gasteiger partial charge in [0.2, 0.25) is 0 Å². The topological polar surface area (TPSA) is 81.7 Å². The van der Waals surface area contributed by atoms with E-state index in [0.29, 0.717) is 13.0 Å². The van der Waals surface area contributed by atoms with Crippen molar-refractivity contribution in [3.8, 4) is 0 Å². The molecule has 6 nitrogen and oxygen atoms in total. The van der Waals surface area contributed by atoms with Crippen LogP contribution < -0.4 is 5.48 Å². The number of ether oxygens (including phenoxy) is 1. The van der Waals surface area contributed by atoms with Crippen LogP contribution in [-0.4, -0.2) is 33.0 Å². The summed E-state index contributed by atoms with van der Waals surface area (Å²) >= 11 is 0. The van der Waals surface area contributed by atoms with Gasteiger partial charge in [0.25, 0.3) is 0 Å². The monoisotopic (exact) mass is 321 g/mol. The molecule has 0 atom stereocenters. The minimum atomic E-state index is -5.62. The fraction of sp³-hybridized carbons (Fsp3) is 0.900. The van der Waals surface area contributed by atoms with Crippen molar-refractivity contribution in [2.45, 2.75) is 44.5 Å². The third kappa shape index (κ3) is 8.33. The fourth-order valence-corrected chi connectivity index (χ4v) is 1.37. The summed E-state index contributed by atoms with van der Waals surface area (Å²) in [6.45, 7) is 2.17. The van der Waals surface area contributed by atoms with Gasteiger partial charge in [-0.25, -0.2) is 0 Å². The van der Waals surface area contributed by atoms with E-state index in [9.17, 15) is 26.4 Å². The van der Waals surface area contributed by atoms with E-state index >= 15 is 0 Å². The van der Waals surface area contributed by atoms with Crippen molar-refractivity contribution >= 4 is 16.1 Å². The number of hydrogen-bond acceptors (Lipinski definition) is 6. The molecule has 0 aromatic carbocycles. The van der Waals surface area contributed by atoms with Gasteiger partial charge in [-0.3, -0.25) is 4.79 Å². The number of alkyl halides is 3. The Kier molecular flexibility index (Phi) is 8.74.